The van der Waals surface area contributed by atoms with Gasteiger partial charge in [-0.25, -0.2) is 10.4 Å². The van der Waals surface area contributed by atoms with Crippen LogP contribution in [0, 0.1) is 0 Å². The molecule has 0 aliphatic carbocycles. The number of carbonyl (C=O) groups is 1. The van der Waals surface area contributed by atoms with Crippen LogP contribution in [-0.4, -0.2) is 48.8 Å². The molecular formula is C26H23BrN4O5S. The summed E-state index contributed by atoms with van der Waals surface area (Å²) in [6.07, 6.45) is 1.47. The van der Waals surface area contributed by atoms with Crippen LogP contribution in [0.3, 0.4) is 0 Å². The van der Waals surface area contributed by atoms with Gasteiger partial charge in [0, 0.05) is 10.0 Å². The number of hydrogen-bond acceptors (Lipinski definition) is 8. The summed E-state index contributed by atoms with van der Waals surface area (Å²) in [7, 11) is 4.56. The van der Waals surface area contributed by atoms with E-state index >= 15 is 0 Å². The molecule has 0 saturated carbocycles. The van der Waals surface area contributed by atoms with Crippen LogP contribution >= 0.6 is 27.7 Å². The van der Waals surface area contributed by atoms with Crippen LogP contribution in [-0.2, 0) is 4.79 Å². The lowest BCUT2D eigenvalue weighted by atomic mass is 10.2. The van der Waals surface area contributed by atoms with Crippen LogP contribution in [0.5, 0.6) is 17.2 Å². The van der Waals surface area contributed by atoms with Gasteiger partial charge in [-0.15, -0.1) is 0 Å². The van der Waals surface area contributed by atoms with Gasteiger partial charge in [0.05, 0.1) is 49.9 Å². The molecule has 4 aromatic rings. The topological polar surface area (TPSA) is 104 Å². The molecule has 11 heteroatoms. The van der Waals surface area contributed by atoms with Gasteiger partial charge in [0.15, 0.2) is 16.7 Å². The van der Waals surface area contributed by atoms with Gasteiger partial charge in [-0.05, 0) is 48.5 Å². The normalized spacial score (nSPS) is 11.0. The second kappa shape index (κ2) is 11.9. The van der Waals surface area contributed by atoms with Crippen molar-refractivity contribution in [3.8, 4) is 22.9 Å². The van der Waals surface area contributed by atoms with E-state index in [0.717, 1.165) is 16.2 Å². The minimum Gasteiger partial charge on any atom is -0.493 e. The van der Waals surface area contributed by atoms with Crippen molar-refractivity contribution in [1.82, 2.24) is 15.0 Å². The van der Waals surface area contributed by atoms with E-state index in [1.807, 2.05) is 30.3 Å². The number of nitrogens with zero attached hydrogens (tertiary/aromatic N) is 3. The molecule has 1 N–H and O–H groups in total. The number of fused-ring (bicyclic) bond motifs is 1. The molecule has 0 atom stereocenters. The summed E-state index contributed by atoms with van der Waals surface area (Å²) < 4.78 is 18.4. The Morgan fingerprint density at radius 2 is 1.73 bits per heavy atom. The highest BCUT2D eigenvalue weighted by Gasteiger charge is 2.15. The molecule has 4 rings (SSSR count). The van der Waals surface area contributed by atoms with E-state index in [4.69, 9.17) is 14.2 Å². The molecule has 0 bridgehead atoms. The first-order valence-electron chi connectivity index (χ1n) is 11.0. The third-order valence-corrected chi connectivity index (χ3v) is 6.72. The smallest absolute Gasteiger partial charge is 0.266 e. The Hall–Kier alpha value is -3.83. The minimum absolute atomic E-state index is 0.00605. The summed E-state index contributed by atoms with van der Waals surface area (Å²) in [6.45, 7) is 0. The summed E-state index contributed by atoms with van der Waals surface area (Å²) >= 11 is 4.56. The van der Waals surface area contributed by atoms with Crippen LogP contribution in [0.4, 0.5) is 0 Å². The van der Waals surface area contributed by atoms with Gasteiger partial charge >= 0.3 is 0 Å². The van der Waals surface area contributed by atoms with Crippen molar-refractivity contribution in [2.45, 2.75) is 5.16 Å². The quantitative estimate of drug-likeness (QED) is 0.135. The Bertz CT molecular complexity index is 1500. The number of nitrogens with one attached hydrogen (secondary N) is 1. The number of para-hydroxylation sites is 1. The molecule has 37 heavy (non-hydrogen) atoms. The highest BCUT2D eigenvalue weighted by atomic mass is 79.9. The SMILES string of the molecule is COc1cc(C=NNC(=O)CSc2nc3ccccc3c(=O)n2-c2ccc(Br)cc2)cc(OC)c1OC. The number of hydrogen-bond donors (Lipinski definition) is 1. The van der Waals surface area contributed by atoms with Crippen molar-refractivity contribution in [3.63, 3.8) is 0 Å². The molecule has 0 aliphatic rings. The number of halogens is 1. The van der Waals surface area contributed by atoms with E-state index in [1.54, 1.807) is 30.3 Å². The third-order valence-electron chi connectivity index (χ3n) is 5.25. The first-order chi connectivity index (χ1) is 17.9. The maximum atomic E-state index is 13.3. The van der Waals surface area contributed by atoms with Gasteiger partial charge in [-0.2, -0.15) is 5.10 Å². The van der Waals surface area contributed by atoms with Crippen molar-refractivity contribution in [2.24, 2.45) is 5.10 Å². The highest BCUT2D eigenvalue weighted by molar-refractivity contribution is 9.10. The number of rotatable bonds is 9. The fourth-order valence-electron chi connectivity index (χ4n) is 3.54. The van der Waals surface area contributed by atoms with Gasteiger partial charge < -0.3 is 14.2 Å². The second-order valence-electron chi connectivity index (χ2n) is 7.57. The molecule has 190 valence electrons. The number of hydrazone groups is 1. The zero-order valence-corrected chi connectivity index (χ0v) is 22.6. The third kappa shape index (κ3) is 5.95. The first-order valence-corrected chi connectivity index (χ1v) is 12.8. The molecule has 0 aliphatic heterocycles. The van der Waals surface area contributed by atoms with Gasteiger partial charge in [-0.3, -0.25) is 14.2 Å². The summed E-state index contributed by atoms with van der Waals surface area (Å²) in [6, 6.07) is 17.9. The Labute approximate surface area is 225 Å². The van der Waals surface area contributed by atoms with E-state index in [2.05, 4.69) is 31.4 Å². The summed E-state index contributed by atoms with van der Waals surface area (Å²) in [4.78, 5) is 30.5. The van der Waals surface area contributed by atoms with Gasteiger partial charge in [0.1, 0.15) is 0 Å². The molecule has 0 radical (unpaired) electrons. The van der Waals surface area contributed by atoms with Crippen molar-refractivity contribution < 1.29 is 19.0 Å². The molecule has 1 aromatic heterocycles. The molecule has 3 aromatic carbocycles. The second-order valence-corrected chi connectivity index (χ2v) is 9.43. The number of benzene rings is 3. The average molecular weight is 583 g/mol. The standard InChI is InChI=1S/C26H23BrN4O5S/c1-34-21-12-16(13-22(35-2)24(21)36-3)14-28-30-23(32)15-37-26-29-20-7-5-4-6-19(20)25(33)31(26)18-10-8-17(27)9-11-18/h4-14H,15H2,1-3H3,(H,30,32). The molecule has 0 unspecified atom stereocenters. The van der Waals surface area contributed by atoms with Crippen molar-refractivity contribution >= 4 is 50.7 Å². The van der Waals surface area contributed by atoms with Crippen molar-refractivity contribution in [1.29, 1.82) is 0 Å². The molecule has 0 saturated heterocycles. The summed E-state index contributed by atoms with van der Waals surface area (Å²) in [5, 5.41) is 4.93. The number of ether oxygens (including phenoxy) is 3. The zero-order valence-electron chi connectivity index (χ0n) is 20.2. The van der Waals surface area contributed by atoms with E-state index in [-0.39, 0.29) is 17.2 Å². The summed E-state index contributed by atoms with van der Waals surface area (Å²) in [5.74, 6) is 1.03. The van der Waals surface area contributed by atoms with E-state index in [0.29, 0.717) is 44.6 Å². The first kappa shape index (κ1) is 26.2. The van der Waals surface area contributed by atoms with Gasteiger partial charge in [0.25, 0.3) is 11.5 Å². The number of thioether (sulfide) groups is 1. The Kier molecular flexibility index (Phi) is 8.47. The Balaban J connectivity index is 1.53. The molecule has 1 amide bonds. The lowest BCUT2D eigenvalue weighted by molar-refractivity contribution is -0.118. The Morgan fingerprint density at radius 3 is 2.38 bits per heavy atom. The lowest BCUT2D eigenvalue weighted by Gasteiger charge is -2.13. The number of aromatic nitrogens is 2. The van der Waals surface area contributed by atoms with Crippen LogP contribution in [0.15, 0.2) is 80.2 Å². The largest absolute Gasteiger partial charge is 0.493 e. The lowest BCUT2D eigenvalue weighted by Crippen LogP contribution is -2.24. The molecule has 9 nitrogen and oxygen atoms in total. The molecule has 1 heterocycles. The summed E-state index contributed by atoms with van der Waals surface area (Å²) in [5.41, 5.74) is 4.14. The fourth-order valence-corrected chi connectivity index (χ4v) is 4.61. The number of carbonyl (C=O) groups excluding carboxylic acids is 1. The molecular weight excluding hydrogens is 560 g/mol. The van der Waals surface area contributed by atoms with Crippen molar-refractivity contribution in [3.05, 3.63) is 81.1 Å². The molecule has 0 fully saturated rings. The van der Waals surface area contributed by atoms with E-state index in [1.165, 1.54) is 32.1 Å². The fraction of sp³-hybridized carbons (Fsp3) is 0.154. The van der Waals surface area contributed by atoms with Gasteiger partial charge in [0.2, 0.25) is 5.75 Å². The van der Waals surface area contributed by atoms with Crippen LogP contribution in [0.25, 0.3) is 16.6 Å². The average Bonchev–Trinajstić information content (AvgIpc) is 2.92. The predicted molar refractivity (Wildman–Crippen MR) is 148 cm³/mol. The van der Waals surface area contributed by atoms with E-state index < -0.39 is 0 Å². The number of amides is 1. The monoisotopic (exact) mass is 582 g/mol. The van der Waals surface area contributed by atoms with Crippen LogP contribution in [0.1, 0.15) is 5.56 Å². The zero-order chi connectivity index (χ0) is 26.4. The van der Waals surface area contributed by atoms with Crippen LogP contribution in [0.2, 0.25) is 0 Å². The van der Waals surface area contributed by atoms with E-state index in [9.17, 15) is 9.59 Å². The maximum absolute atomic E-state index is 13.3. The maximum Gasteiger partial charge on any atom is 0.266 e. The predicted octanol–water partition coefficient (Wildman–Crippen LogP) is 4.42. The van der Waals surface area contributed by atoms with Gasteiger partial charge in [-0.1, -0.05) is 39.8 Å². The number of methoxy groups -OCH3 is 3. The Morgan fingerprint density at radius 1 is 1.05 bits per heavy atom. The van der Waals surface area contributed by atoms with Crippen LogP contribution < -0.4 is 25.2 Å². The molecule has 0 spiro atoms. The van der Waals surface area contributed by atoms with Crippen molar-refractivity contribution in [2.75, 3.05) is 27.1 Å². The highest BCUT2D eigenvalue weighted by Crippen LogP contribution is 2.37. The minimum atomic E-state index is -0.363.